The molecule has 6 heteroatoms. The number of halogens is 2. The highest BCUT2D eigenvalue weighted by atomic mass is 35.7. The van der Waals surface area contributed by atoms with Gasteiger partial charge in [-0.1, -0.05) is 0 Å². The van der Waals surface area contributed by atoms with E-state index in [2.05, 4.69) is 0 Å². The van der Waals surface area contributed by atoms with E-state index in [-0.39, 0.29) is 18.0 Å². The summed E-state index contributed by atoms with van der Waals surface area (Å²) < 4.78 is 39.9. The zero-order valence-corrected chi connectivity index (χ0v) is 10.5. The minimum absolute atomic E-state index is 0.131. The Labute approximate surface area is 98.6 Å². The molecule has 0 amide bonds. The molecule has 90 valence electrons. The van der Waals surface area contributed by atoms with Crippen molar-refractivity contribution in [2.45, 2.75) is 13.3 Å². The maximum Gasteiger partial charge on any atom is 0.232 e. The minimum atomic E-state index is -3.58. The van der Waals surface area contributed by atoms with E-state index in [0.717, 1.165) is 0 Å². The zero-order valence-electron chi connectivity index (χ0n) is 8.96. The zero-order chi connectivity index (χ0) is 12.3. The topological polar surface area (TPSA) is 43.4 Å². The number of benzene rings is 1. The van der Waals surface area contributed by atoms with Gasteiger partial charge in [0, 0.05) is 10.7 Å². The first-order valence-corrected chi connectivity index (χ1v) is 7.06. The van der Waals surface area contributed by atoms with Gasteiger partial charge in [0.2, 0.25) is 9.05 Å². The van der Waals surface area contributed by atoms with Crippen molar-refractivity contribution < 1.29 is 17.5 Å². The van der Waals surface area contributed by atoms with E-state index in [1.807, 2.05) is 0 Å². The Kier molecular flexibility index (Phi) is 4.15. The van der Waals surface area contributed by atoms with E-state index in [0.29, 0.717) is 16.9 Å². The highest BCUT2D eigenvalue weighted by molar-refractivity contribution is 8.13. The second-order valence-corrected chi connectivity index (χ2v) is 6.30. The summed E-state index contributed by atoms with van der Waals surface area (Å²) in [6.45, 7) is 1.61. The van der Waals surface area contributed by atoms with Gasteiger partial charge in [-0.05, 0) is 36.6 Å². The molecule has 0 saturated heterocycles. The number of ether oxygens (including phenoxy) is 1. The average molecular weight is 267 g/mol. The van der Waals surface area contributed by atoms with Crippen molar-refractivity contribution in [1.82, 2.24) is 0 Å². The Hall–Kier alpha value is -0.810. The van der Waals surface area contributed by atoms with E-state index in [1.54, 1.807) is 6.92 Å². The largest absolute Gasteiger partial charge is 0.496 e. The van der Waals surface area contributed by atoms with Crippen LogP contribution in [-0.4, -0.2) is 21.3 Å². The van der Waals surface area contributed by atoms with E-state index < -0.39 is 9.05 Å². The fraction of sp³-hybridized carbons (Fsp3) is 0.400. The third-order valence-electron chi connectivity index (χ3n) is 2.18. The molecule has 0 radical (unpaired) electrons. The van der Waals surface area contributed by atoms with Gasteiger partial charge in [0.05, 0.1) is 12.9 Å². The summed E-state index contributed by atoms with van der Waals surface area (Å²) in [6.07, 6.45) is 0.131. The van der Waals surface area contributed by atoms with Gasteiger partial charge in [0.15, 0.2) is 0 Å². The number of aryl methyl sites for hydroxylation is 2. The Balaban J connectivity index is 2.99. The molecule has 1 aromatic carbocycles. The summed E-state index contributed by atoms with van der Waals surface area (Å²) in [6, 6.07) is 2.81. The molecule has 0 aliphatic rings. The van der Waals surface area contributed by atoms with Crippen LogP contribution in [-0.2, 0) is 15.5 Å². The normalized spacial score (nSPS) is 11.5. The third-order valence-corrected chi connectivity index (χ3v) is 3.33. The second kappa shape index (κ2) is 5.01. The smallest absolute Gasteiger partial charge is 0.232 e. The molecular formula is C10H12ClFO3S. The molecule has 0 spiro atoms. The number of methoxy groups -OCH3 is 1. The van der Waals surface area contributed by atoms with E-state index in [9.17, 15) is 12.8 Å². The lowest BCUT2D eigenvalue weighted by molar-refractivity contribution is 0.408. The van der Waals surface area contributed by atoms with Crippen molar-refractivity contribution in [1.29, 1.82) is 0 Å². The molecule has 0 bridgehead atoms. The lowest BCUT2D eigenvalue weighted by Gasteiger charge is -2.09. The quantitative estimate of drug-likeness (QED) is 0.785. The predicted octanol–water partition coefficient (Wildman–Crippen LogP) is 2.25. The van der Waals surface area contributed by atoms with Crippen LogP contribution in [0.5, 0.6) is 5.75 Å². The van der Waals surface area contributed by atoms with Crippen molar-refractivity contribution >= 4 is 19.7 Å². The molecule has 0 unspecified atom stereocenters. The van der Waals surface area contributed by atoms with Crippen LogP contribution in [0.2, 0.25) is 0 Å². The van der Waals surface area contributed by atoms with Crippen LogP contribution in [0.4, 0.5) is 4.39 Å². The van der Waals surface area contributed by atoms with E-state index >= 15 is 0 Å². The van der Waals surface area contributed by atoms with Crippen LogP contribution in [0.25, 0.3) is 0 Å². The molecule has 0 aliphatic heterocycles. The lowest BCUT2D eigenvalue weighted by atomic mass is 10.1. The van der Waals surface area contributed by atoms with Crippen LogP contribution in [0.3, 0.4) is 0 Å². The highest BCUT2D eigenvalue weighted by Crippen LogP contribution is 2.23. The maximum absolute atomic E-state index is 13.3. The lowest BCUT2D eigenvalue weighted by Crippen LogP contribution is -2.03. The number of hydrogen-bond donors (Lipinski definition) is 0. The number of rotatable bonds is 4. The summed E-state index contributed by atoms with van der Waals surface area (Å²) in [5, 5.41) is 0. The average Bonchev–Trinajstić information content (AvgIpc) is 2.18. The van der Waals surface area contributed by atoms with Gasteiger partial charge >= 0.3 is 0 Å². The van der Waals surface area contributed by atoms with E-state index in [4.69, 9.17) is 15.4 Å². The highest BCUT2D eigenvalue weighted by Gasteiger charge is 2.11. The third kappa shape index (κ3) is 3.64. The standard InChI is InChI=1S/C10H12ClFO3S/c1-7-5-10(15-2)8(6-9(7)12)3-4-16(11,13)14/h5-6H,3-4H2,1-2H3. The van der Waals surface area contributed by atoms with Gasteiger partial charge in [-0.2, -0.15) is 0 Å². The van der Waals surface area contributed by atoms with Gasteiger partial charge in [-0.25, -0.2) is 12.8 Å². The Morgan fingerprint density at radius 1 is 1.44 bits per heavy atom. The van der Waals surface area contributed by atoms with Crippen LogP contribution in [0.15, 0.2) is 12.1 Å². The molecule has 0 atom stereocenters. The van der Waals surface area contributed by atoms with Crippen LogP contribution < -0.4 is 4.74 Å². The minimum Gasteiger partial charge on any atom is -0.496 e. The SMILES string of the molecule is COc1cc(C)c(F)cc1CCS(=O)(=O)Cl. The first kappa shape index (κ1) is 13.3. The van der Waals surface area contributed by atoms with Gasteiger partial charge in [-0.3, -0.25) is 0 Å². The fourth-order valence-electron chi connectivity index (χ4n) is 1.31. The Morgan fingerprint density at radius 2 is 2.06 bits per heavy atom. The molecule has 3 nitrogen and oxygen atoms in total. The van der Waals surface area contributed by atoms with Crippen molar-refractivity contribution in [3.8, 4) is 5.75 Å². The van der Waals surface area contributed by atoms with E-state index in [1.165, 1.54) is 19.2 Å². The Bertz CT molecular complexity index is 485. The second-order valence-electron chi connectivity index (χ2n) is 3.41. The van der Waals surface area contributed by atoms with Crippen LogP contribution in [0.1, 0.15) is 11.1 Å². The molecule has 0 aromatic heterocycles. The van der Waals surface area contributed by atoms with Crippen LogP contribution >= 0.6 is 10.7 Å². The van der Waals surface area contributed by atoms with Gasteiger partial charge in [0.1, 0.15) is 11.6 Å². The monoisotopic (exact) mass is 266 g/mol. The molecule has 0 heterocycles. The summed E-state index contributed by atoms with van der Waals surface area (Å²) in [4.78, 5) is 0. The van der Waals surface area contributed by atoms with Gasteiger partial charge in [-0.15, -0.1) is 0 Å². The van der Waals surface area contributed by atoms with Crippen molar-refractivity contribution in [2.24, 2.45) is 0 Å². The fourth-order valence-corrected chi connectivity index (χ4v) is 2.01. The van der Waals surface area contributed by atoms with Crippen LogP contribution in [0, 0.1) is 12.7 Å². The first-order valence-electron chi connectivity index (χ1n) is 4.59. The summed E-state index contributed by atoms with van der Waals surface area (Å²) >= 11 is 0. The molecule has 1 aromatic rings. The molecule has 16 heavy (non-hydrogen) atoms. The van der Waals surface area contributed by atoms with Gasteiger partial charge in [0.25, 0.3) is 0 Å². The van der Waals surface area contributed by atoms with Crippen molar-refractivity contribution in [2.75, 3.05) is 12.9 Å². The van der Waals surface area contributed by atoms with Crippen molar-refractivity contribution in [3.63, 3.8) is 0 Å². The molecular weight excluding hydrogens is 255 g/mol. The maximum atomic E-state index is 13.3. The molecule has 0 aliphatic carbocycles. The molecule has 0 fully saturated rings. The number of hydrogen-bond acceptors (Lipinski definition) is 3. The molecule has 0 saturated carbocycles. The molecule has 1 rings (SSSR count). The molecule has 0 N–H and O–H groups in total. The van der Waals surface area contributed by atoms with Crippen molar-refractivity contribution in [3.05, 3.63) is 29.1 Å². The predicted molar refractivity (Wildman–Crippen MR) is 61.0 cm³/mol. The first-order chi connectivity index (χ1) is 7.33. The Morgan fingerprint density at radius 3 is 2.56 bits per heavy atom. The summed E-state index contributed by atoms with van der Waals surface area (Å²) in [5.41, 5.74) is 0.948. The summed E-state index contributed by atoms with van der Waals surface area (Å²) in [5.74, 6) is -0.157. The summed E-state index contributed by atoms with van der Waals surface area (Å²) in [7, 11) is 2.96. The van der Waals surface area contributed by atoms with Gasteiger partial charge < -0.3 is 4.74 Å².